The van der Waals surface area contributed by atoms with Gasteiger partial charge in [-0.1, -0.05) is 165 Å². The van der Waals surface area contributed by atoms with Crippen molar-refractivity contribution in [3.05, 3.63) is 106 Å². The van der Waals surface area contributed by atoms with Gasteiger partial charge in [0.05, 0.1) is 19.1 Å². The predicted octanol–water partition coefficient (Wildman–Crippen LogP) is 14.6. The van der Waals surface area contributed by atoms with Crippen molar-refractivity contribution in [2.24, 2.45) is 17.8 Å². The van der Waals surface area contributed by atoms with Gasteiger partial charge >= 0.3 is 5.97 Å². The molecule has 0 N–H and O–H groups in total. The lowest BCUT2D eigenvalue weighted by Gasteiger charge is -2.17. The van der Waals surface area contributed by atoms with E-state index in [4.69, 9.17) is 14.2 Å². The lowest BCUT2D eigenvalue weighted by atomic mass is 9.94. The zero-order chi connectivity index (χ0) is 42.9. The van der Waals surface area contributed by atoms with Crippen LogP contribution in [0.3, 0.4) is 0 Å². The van der Waals surface area contributed by atoms with Crippen molar-refractivity contribution in [3.63, 3.8) is 0 Å². The maximum absolute atomic E-state index is 15.1. The number of carbonyl (C=O) groups is 1. The molecule has 3 aromatic rings. The monoisotopic (exact) mass is 833 g/mol. The van der Waals surface area contributed by atoms with Gasteiger partial charge in [0.15, 0.2) is 23.1 Å². The summed E-state index contributed by atoms with van der Waals surface area (Å²) in [6.45, 7) is 5.51. The number of ether oxygens (including phenoxy) is 3. The molecule has 3 aromatic carbocycles. The molecule has 0 amide bonds. The van der Waals surface area contributed by atoms with E-state index in [0.717, 1.165) is 38.5 Å². The molecule has 2 aliphatic carbocycles. The number of esters is 1. The average Bonchev–Trinajstić information content (AvgIpc) is 3.91. The van der Waals surface area contributed by atoms with Crippen LogP contribution in [0.15, 0.2) is 66.7 Å². The topological polar surface area (TPSA) is 44.8 Å². The molecule has 0 aromatic heterocycles. The van der Waals surface area contributed by atoms with Crippen LogP contribution in [0.25, 0.3) is 0 Å². The molecule has 3 atom stereocenters. The second-order valence-corrected chi connectivity index (χ2v) is 17.2. The molecule has 0 radical (unpaired) electrons. The fraction of sp³-hybridized carbons (Fsp3) is 0.545. The molecule has 2 bridgehead atoms. The van der Waals surface area contributed by atoms with E-state index in [-0.39, 0.29) is 35.9 Å². The van der Waals surface area contributed by atoms with Crippen LogP contribution in [-0.4, -0.2) is 19.2 Å². The quantitative estimate of drug-likeness (QED) is 0.0332. The Balaban J connectivity index is 1.14. The van der Waals surface area contributed by atoms with Gasteiger partial charge in [0.2, 0.25) is 0 Å². The summed E-state index contributed by atoms with van der Waals surface area (Å²) < 4.78 is 47.5. The molecule has 6 heteroatoms. The smallest absolute Gasteiger partial charge is 0.309 e. The zero-order valence-electron chi connectivity index (χ0n) is 37.1. The highest BCUT2D eigenvalue weighted by atomic mass is 19.1. The molecular weight excluding hydrogens is 763 g/mol. The Hall–Kier alpha value is -4.55. The third-order valence-electron chi connectivity index (χ3n) is 12.1. The summed E-state index contributed by atoms with van der Waals surface area (Å²) >= 11 is 0. The Morgan fingerprint density at radius 1 is 0.557 bits per heavy atom. The molecule has 3 unspecified atom stereocenters. The summed E-state index contributed by atoms with van der Waals surface area (Å²) in [4.78, 5) is 13.2. The van der Waals surface area contributed by atoms with Gasteiger partial charge in [-0.2, -0.15) is 0 Å². The van der Waals surface area contributed by atoms with Gasteiger partial charge in [0.25, 0.3) is 0 Å². The first kappa shape index (κ1) is 47.5. The van der Waals surface area contributed by atoms with Crippen molar-refractivity contribution in [2.75, 3.05) is 13.2 Å². The van der Waals surface area contributed by atoms with E-state index in [0.29, 0.717) is 46.9 Å². The second kappa shape index (κ2) is 27.4. The Bertz CT molecular complexity index is 1940. The van der Waals surface area contributed by atoms with Gasteiger partial charge in [-0.25, -0.2) is 8.78 Å². The Kier molecular flexibility index (Phi) is 21.3. The molecule has 0 aliphatic heterocycles. The van der Waals surface area contributed by atoms with Crippen LogP contribution < -0.4 is 9.47 Å². The van der Waals surface area contributed by atoms with Gasteiger partial charge in [0, 0.05) is 27.8 Å². The van der Waals surface area contributed by atoms with E-state index in [1.807, 2.05) is 18.2 Å². The van der Waals surface area contributed by atoms with E-state index in [1.165, 1.54) is 115 Å². The number of rotatable bonds is 27. The highest BCUT2D eigenvalue weighted by molar-refractivity contribution is 5.74. The van der Waals surface area contributed by atoms with E-state index >= 15 is 4.39 Å². The Morgan fingerprint density at radius 2 is 1.02 bits per heavy atom. The van der Waals surface area contributed by atoms with E-state index in [1.54, 1.807) is 24.3 Å². The first-order chi connectivity index (χ1) is 29.9. The van der Waals surface area contributed by atoms with Crippen molar-refractivity contribution in [1.29, 1.82) is 0 Å². The number of allylic oxidation sites excluding steroid dienone is 2. The second-order valence-electron chi connectivity index (χ2n) is 17.2. The number of carbonyl (C=O) groups excluding carboxylic acids is 1. The van der Waals surface area contributed by atoms with Crippen molar-refractivity contribution < 1.29 is 27.8 Å². The SMILES string of the molecule is CCCCCCCCCCCCOc1ccc(C#Cc2ccc(C#Cc3ccc(OCCCCCCCCCCCC)c(F)c3)c(COC(=O)C3CC4C=CC3C4)c2)cc1F. The first-order valence-corrected chi connectivity index (χ1v) is 23.8. The van der Waals surface area contributed by atoms with Gasteiger partial charge < -0.3 is 14.2 Å². The van der Waals surface area contributed by atoms with Gasteiger partial charge in [-0.3, -0.25) is 4.79 Å². The zero-order valence-corrected chi connectivity index (χ0v) is 37.1. The first-order valence-electron chi connectivity index (χ1n) is 23.8. The maximum Gasteiger partial charge on any atom is 0.309 e. The molecule has 0 spiro atoms. The summed E-state index contributed by atoms with van der Waals surface area (Å²) in [6.07, 6.45) is 30.9. The molecule has 4 nitrogen and oxygen atoms in total. The summed E-state index contributed by atoms with van der Waals surface area (Å²) in [5.41, 5.74) is 3.08. The Labute approximate surface area is 366 Å². The van der Waals surface area contributed by atoms with Crippen LogP contribution in [0.5, 0.6) is 11.5 Å². The van der Waals surface area contributed by atoms with E-state index in [9.17, 15) is 9.18 Å². The molecule has 328 valence electrons. The van der Waals surface area contributed by atoms with Crippen LogP contribution in [-0.2, 0) is 16.1 Å². The molecule has 2 aliphatic rings. The molecule has 1 fully saturated rings. The van der Waals surface area contributed by atoms with Gasteiger partial charge in [-0.05, 0) is 92.1 Å². The minimum absolute atomic E-state index is 0.0375. The van der Waals surface area contributed by atoms with Gasteiger partial charge in [0.1, 0.15) is 6.61 Å². The highest BCUT2D eigenvalue weighted by Crippen LogP contribution is 2.44. The summed E-state index contributed by atoms with van der Waals surface area (Å²) in [6, 6.07) is 15.2. The average molecular weight is 833 g/mol. The van der Waals surface area contributed by atoms with E-state index < -0.39 is 11.6 Å². The molecule has 5 rings (SSSR count). The van der Waals surface area contributed by atoms with Crippen molar-refractivity contribution in [2.45, 2.75) is 162 Å². The normalized spacial score (nSPS) is 16.2. The molecular formula is C55H70F2O4. The Morgan fingerprint density at radius 3 is 1.48 bits per heavy atom. The molecule has 1 saturated carbocycles. The lowest BCUT2D eigenvalue weighted by molar-refractivity contribution is -0.150. The number of unbranched alkanes of at least 4 members (excludes halogenated alkanes) is 18. The van der Waals surface area contributed by atoms with Crippen molar-refractivity contribution >= 4 is 5.97 Å². The number of fused-ring (bicyclic) bond motifs is 2. The summed E-state index contributed by atoms with van der Waals surface area (Å²) in [5, 5.41) is 0. The standard InChI is InChI=1S/C55H70F2O4/c1-3-5-7-9-11-13-15-17-19-21-35-59-53-33-28-44(40-51(53)56)24-23-43-25-30-47(49(37-43)42-61-55(58)50-39-46-27-32-48(50)38-46)31-26-45-29-34-54(52(57)41-45)60-36-22-20-18-16-14-12-10-8-6-4-2/h25,27-30,32-34,37,40-41,46,48,50H,3-22,35-36,38-39,42H2,1-2H3. The van der Waals surface area contributed by atoms with Gasteiger partial charge in [-0.15, -0.1) is 0 Å². The molecule has 0 saturated heterocycles. The van der Waals surface area contributed by atoms with Crippen molar-refractivity contribution in [3.8, 4) is 35.2 Å². The maximum atomic E-state index is 15.1. The third kappa shape index (κ3) is 17.0. The van der Waals surface area contributed by atoms with Crippen LogP contribution in [0.2, 0.25) is 0 Å². The molecule has 61 heavy (non-hydrogen) atoms. The fourth-order valence-electron chi connectivity index (χ4n) is 8.44. The molecule has 0 heterocycles. The van der Waals surface area contributed by atoms with Crippen LogP contribution in [0.1, 0.15) is 183 Å². The summed E-state index contributed by atoms with van der Waals surface area (Å²) in [7, 11) is 0. The number of benzene rings is 3. The van der Waals surface area contributed by atoms with Crippen molar-refractivity contribution in [1.82, 2.24) is 0 Å². The predicted molar refractivity (Wildman–Crippen MR) is 245 cm³/mol. The number of halogens is 2. The van der Waals surface area contributed by atoms with Crippen LogP contribution in [0.4, 0.5) is 8.78 Å². The lowest BCUT2D eigenvalue weighted by Crippen LogP contribution is -2.21. The summed E-state index contributed by atoms with van der Waals surface area (Å²) in [5.74, 6) is 12.4. The third-order valence-corrected chi connectivity index (χ3v) is 12.1. The fourth-order valence-corrected chi connectivity index (χ4v) is 8.44. The van der Waals surface area contributed by atoms with Crippen LogP contribution >= 0.6 is 0 Å². The minimum atomic E-state index is -0.441. The largest absolute Gasteiger partial charge is 0.491 e. The highest BCUT2D eigenvalue weighted by Gasteiger charge is 2.40. The number of hydrogen-bond acceptors (Lipinski definition) is 4. The number of hydrogen-bond donors (Lipinski definition) is 0. The minimum Gasteiger partial charge on any atom is -0.491 e. The van der Waals surface area contributed by atoms with E-state index in [2.05, 4.69) is 49.7 Å². The van der Waals surface area contributed by atoms with Crippen LogP contribution in [0, 0.1) is 53.1 Å².